The second-order valence-electron chi connectivity index (χ2n) is 6.92. The minimum atomic E-state index is -3.45. The molecule has 0 atom stereocenters. The number of nitrogens with one attached hydrogen (secondary N) is 2. The number of fused-ring (bicyclic) bond motifs is 5. The fourth-order valence-corrected chi connectivity index (χ4v) is 5.26. The summed E-state index contributed by atoms with van der Waals surface area (Å²) >= 11 is 13.0. The van der Waals surface area contributed by atoms with Gasteiger partial charge in [-0.2, -0.15) is 0 Å². The van der Waals surface area contributed by atoms with Crippen LogP contribution in [0, 0.1) is 0 Å². The van der Waals surface area contributed by atoms with Crippen LogP contribution in [0.3, 0.4) is 0 Å². The fraction of sp³-hybridized carbons (Fsp3) is 0.0952. The second kappa shape index (κ2) is 7.33. The number of halogens is 2. The zero-order valence-electron chi connectivity index (χ0n) is 16.1. The molecule has 0 aliphatic carbocycles. The number of anilines is 2. The van der Waals surface area contributed by atoms with E-state index >= 15 is 0 Å². The van der Waals surface area contributed by atoms with Crippen LogP contribution in [0.4, 0.5) is 11.5 Å². The molecule has 4 heterocycles. The fourth-order valence-electron chi connectivity index (χ4n) is 3.54. The van der Waals surface area contributed by atoms with Crippen LogP contribution in [0.5, 0.6) is 0 Å². The number of imidazole rings is 1. The van der Waals surface area contributed by atoms with Crippen molar-refractivity contribution in [1.29, 1.82) is 0 Å². The summed E-state index contributed by atoms with van der Waals surface area (Å²) in [5.74, 6) is 1.03. The zero-order valence-corrected chi connectivity index (χ0v) is 18.5. The smallest absolute Gasteiger partial charge is 0.178 e. The molecule has 0 unspecified atom stereocenters. The van der Waals surface area contributed by atoms with Crippen molar-refractivity contribution in [3.05, 3.63) is 59.0 Å². The molecule has 2 N–H and O–H groups in total. The number of benzene rings is 1. The number of rotatable bonds is 3. The molecule has 4 aromatic rings. The third-order valence-corrected chi connectivity index (χ3v) is 7.41. The highest BCUT2D eigenvalue weighted by atomic mass is 35.5. The molecule has 10 heteroatoms. The Kier molecular flexibility index (Phi) is 4.73. The van der Waals surface area contributed by atoms with Crippen molar-refractivity contribution in [2.45, 2.75) is 11.8 Å². The van der Waals surface area contributed by atoms with Gasteiger partial charge in [-0.3, -0.25) is 4.98 Å². The molecular weight excluding hydrogens is 457 g/mol. The van der Waals surface area contributed by atoms with Crippen LogP contribution in [-0.4, -0.2) is 34.1 Å². The number of aromatic nitrogens is 4. The number of pyridine rings is 2. The van der Waals surface area contributed by atoms with E-state index in [1.54, 1.807) is 25.5 Å². The summed E-state index contributed by atoms with van der Waals surface area (Å²) in [6.07, 6.45) is 5.10. The SMILES string of the molecule is CCS(=O)(=O)c1cc(Cl)c(-c2nc3c([nH]2)-c2ccncc2Nc2ncccc2-3)c(Cl)c1. The van der Waals surface area contributed by atoms with Crippen LogP contribution in [0.15, 0.2) is 53.8 Å². The molecule has 7 nitrogen and oxygen atoms in total. The summed E-state index contributed by atoms with van der Waals surface area (Å²) in [5, 5.41) is 3.69. The normalized spacial score (nSPS) is 12.4. The van der Waals surface area contributed by atoms with Crippen LogP contribution in [-0.2, 0) is 9.84 Å². The Morgan fingerprint density at radius 1 is 1.06 bits per heavy atom. The maximum Gasteiger partial charge on any atom is 0.178 e. The van der Waals surface area contributed by atoms with Gasteiger partial charge in [0.05, 0.1) is 43.8 Å². The Hall–Kier alpha value is -2.94. The molecule has 0 bridgehead atoms. The summed E-state index contributed by atoms with van der Waals surface area (Å²) < 4.78 is 24.5. The van der Waals surface area contributed by atoms with E-state index in [1.807, 2.05) is 18.2 Å². The summed E-state index contributed by atoms with van der Waals surface area (Å²) in [6, 6.07) is 8.43. The van der Waals surface area contributed by atoms with Gasteiger partial charge in [0.25, 0.3) is 0 Å². The second-order valence-corrected chi connectivity index (χ2v) is 10.0. The lowest BCUT2D eigenvalue weighted by Crippen LogP contribution is -2.04. The lowest BCUT2D eigenvalue weighted by molar-refractivity contribution is 0.597. The summed E-state index contributed by atoms with van der Waals surface area (Å²) in [7, 11) is -3.45. The maximum absolute atomic E-state index is 12.3. The molecule has 0 spiro atoms. The van der Waals surface area contributed by atoms with E-state index in [2.05, 4.69) is 20.3 Å². The van der Waals surface area contributed by atoms with Crippen LogP contribution >= 0.6 is 23.2 Å². The molecule has 0 saturated carbocycles. The van der Waals surface area contributed by atoms with E-state index in [4.69, 9.17) is 28.2 Å². The molecule has 0 saturated heterocycles. The largest absolute Gasteiger partial charge is 0.338 e. The highest BCUT2D eigenvalue weighted by molar-refractivity contribution is 7.91. The van der Waals surface area contributed by atoms with Crippen molar-refractivity contribution in [1.82, 2.24) is 19.9 Å². The number of hydrogen-bond acceptors (Lipinski definition) is 6. The van der Waals surface area contributed by atoms with Crippen molar-refractivity contribution >= 4 is 44.5 Å². The molecule has 156 valence electrons. The molecule has 0 fully saturated rings. The predicted octanol–water partition coefficient (Wildman–Crippen LogP) is 5.36. The third-order valence-electron chi connectivity index (χ3n) is 5.10. The van der Waals surface area contributed by atoms with Gasteiger partial charge in [-0.05, 0) is 30.3 Å². The number of hydrogen-bond donors (Lipinski definition) is 2. The summed E-state index contributed by atoms with van der Waals surface area (Å²) in [5.41, 5.74) is 4.29. The van der Waals surface area contributed by atoms with E-state index in [1.165, 1.54) is 12.1 Å². The average Bonchev–Trinajstić information content (AvgIpc) is 3.13. The Balaban J connectivity index is 1.75. The van der Waals surface area contributed by atoms with Gasteiger partial charge in [0.15, 0.2) is 9.84 Å². The molecule has 0 amide bonds. The molecule has 31 heavy (non-hydrogen) atoms. The minimum absolute atomic E-state index is 0.0460. The number of aromatic amines is 1. The molecular formula is C21H15Cl2N5O2S. The first-order chi connectivity index (χ1) is 14.9. The molecule has 1 aliphatic rings. The van der Waals surface area contributed by atoms with Crippen molar-refractivity contribution in [3.8, 4) is 33.9 Å². The van der Waals surface area contributed by atoms with Crippen LogP contribution in [0.2, 0.25) is 10.0 Å². The molecule has 1 aromatic carbocycles. The van der Waals surface area contributed by atoms with Crippen LogP contribution < -0.4 is 5.32 Å². The molecule has 5 rings (SSSR count). The van der Waals surface area contributed by atoms with Gasteiger partial charge in [-0.25, -0.2) is 18.4 Å². The summed E-state index contributed by atoms with van der Waals surface area (Å²) in [6.45, 7) is 1.57. The third kappa shape index (κ3) is 3.27. The Morgan fingerprint density at radius 3 is 2.58 bits per heavy atom. The van der Waals surface area contributed by atoms with Gasteiger partial charge in [0.2, 0.25) is 0 Å². The van der Waals surface area contributed by atoms with Gasteiger partial charge in [0.1, 0.15) is 17.3 Å². The van der Waals surface area contributed by atoms with Crippen molar-refractivity contribution in [2.24, 2.45) is 0 Å². The van der Waals surface area contributed by atoms with Gasteiger partial charge in [-0.1, -0.05) is 30.1 Å². The highest BCUT2D eigenvalue weighted by Crippen LogP contribution is 2.44. The topological polar surface area (TPSA) is 101 Å². The lowest BCUT2D eigenvalue weighted by Gasteiger charge is -2.09. The van der Waals surface area contributed by atoms with E-state index in [9.17, 15) is 8.42 Å². The average molecular weight is 472 g/mol. The van der Waals surface area contributed by atoms with E-state index in [0.717, 1.165) is 22.5 Å². The van der Waals surface area contributed by atoms with E-state index < -0.39 is 9.84 Å². The van der Waals surface area contributed by atoms with Crippen LogP contribution in [0.25, 0.3) is 33.9 Å². The molecule has 1 aliphatic heterocycles. The maximum atomic E-state index is 12.3. The number of nitrogens with zero attached hydrogens (tertiary/aromatic N) is 3. The standard InChI is InChI=1S/C21H15Cl2N5O2S/c1-2-31(29,30)11-8-14(22)17(15(23)9-11)21-27-18-12-5-7-24-10-16(12)26-20-13(19(18)28-21)4-3-6-25-20/h3-10H,2H2,1H3,(H,25,26)(H,27,28). The van der Waals surface area contributed by atoms with Crippen LogP contribution in [0.1, 0.15) is 6.92 Å². The predicted molar refractivity (Wildman–Crippen MR) is 122 cm³/mol. The van der Waals surface area contributed by atoms with Gasteiger partial charge < -0.3 is 10.3 Å². The Morgan fingerprint density at radius 2 is 1.84 bits per heavy atom. The van der Waals surface area contributed by atoms with Crippen molar-refractivity contribution in [2.75, 3.05) is 11.1 Å². The van der Waals surface area contributed by atoms with Gasteiger partial charge >= 0.3 is 0 Å². The van der Waals surface area contributed by atoms with E-state index in [-0.39, 0.29) is 20.7 Å². The first-order valence-electron chi connectivity index (χ1n) is 9.38. The monoisotopic (exact) mass is 471 g/mol. The molecule has 3 aromatic heterocycles. The van der Waals surface area contributed by atoms with E-state index in [0.29, 0.717) is 22.9 Å². The quantitative estimate of drug-likeness (QED) is 0.367. The summed E-state index contributed by atoms with van der Waals surface area (Å²) in [4.78, 5) is 16.8. The molecule has 0 radical (unpaired) electrons. The lowest BCUT2D eigenvalue weighted by atomic mass is 10.1. The number of H-pyrrole nitrogens is 1. The zero-order chi connectivity index (χ0) is 21.8. The Labute approximate surface area is 188 Å². The van der Waals surface area contributed by atoms with Gasteiger partial charge in [-0.15, -0.1) is 0 Å². The van der Waals surface area contributed by atoms with Crippen molar-refractivity contribution < 1.29 is 8.42 Å². The van der Waals surface area contributed by atoms with Crippen molar-refractivity contribution in [3.63, 3.8) is 0 Å². The van der Waals surface area contributed by atoms with Gasteiger partial charge in [0, 0.05) is 23.5 Å². The first-order valence-corrected chi connectivity index (χ1v) is 11.8. The first kappa shape index (κ1) is 20.0. The number of sulfone groups is 1. The minimum Gasteiger partial charge on any atom is -0.338 e. The highest BCUT2D eigenvalue weighted by Gasteiger charge is 2.26. The Bertz CT molecular complexity index is 1360.